The summed E-state index contributed by atoms with van der Waals surface area (Å²) in [7, 11) is 0. The number of rotatable bonds is 2. The number of nitrogens with one attached hydrogen (secondary N) is 1. The number of carbonyl (C=O) groups is 1. The van der Waals surface area contributed by atoms with Crippen LogP contribution in [0.5, 0.6) is 5.75 Å². The Bertz CT molecular complexity index is 369. The van der Waals surface area contributed by atoms with Gasteiger partial charge in [0, 0.05) is 5.02 Å². The second-order valence-electron chi connectivity index (χ2n) is 2.49. The van der Waals surface area contributed by atoms with Gasteiger partial charge in [0.2, 0.25) is 0 Å². The Morgan fingerprint density at radius 2 is 2.14 bits per heavy atom. The number of phenols is 1. The number of nitrogens with two attached hydrogens (primary N) is 1. The highest BCUT2D eigenvalue weighted by Crippen LogP contribution is 2.30. The van der Waals surface area contributed by atoms with Crippen molar-refractivity contribution in [2.75, 3.05) is 6.67 Å². The molecule has 1 aromatic carbocycles. The largest absolute Gasteiger partial charge is 0.506 e. The van der Waals surface area contributed by atoms with Crippen LogP contribution in [0.15, 0.2) is 12.1 Å². The van der Waals surface area contributed by atoms with Gasteiger partial charge < -0.3 is 16.2 Å². The SMILES string of the molecule is NCNC(=O)c1cc(Cl)cc(Cl)c1O. The molecule has 0 heterocycles. The Balaban J connectivity index is 3.13. The summed E-state index contributed by atoms with van der Waals surface area (Å²) in [6.07, 6.45) is 0. The maximum atomic E-state index is 11.3. The van der Waals surface area contributed by atoms with Crippen molar-refractivity contribution in [3.63, 3.8) is 0 Å². The number of amides is 1. The van der Waals surface area contributed by atoms with Crippen LogP contribution in [0.4, 0.5) is 0 Å². The van der Waals surface area contributed by atoms with Gasteiger partial charge in [-0.15, -0.1) is 0 Å². The molecule has 0 aliphatic heterocycles. The van der Waals surface area contributed by atoms with Crippen LogP contribution in [-0.2, 0) is 0 Å². The zero-order valence-electron chi connectivity index (χ0n) is 7.05. The lowest BCUT2D eigenvalue weighted by Crippen LogP contribution is -2.29. The fraction of sp³-hybridized carbons (Fsp3) is 0.125. The minimum atomic E-state index is -0.519. The Hall–Kier alpha value is -0.970. The van der Waals surface area contributed by atoms with Crippen LogP contribution in [0.25, 0.3) is 0 Å². The highest BCUT2D eigenvalue weighted by Gasteiger charge is 2.14. The maximum Gasteiger partial charge on any atom is 0.256 e. The van der Waals surface area contributed by atoms with Gasteiger partial charge in [0.05, 0.1) is 17.3 Å². The summed E-state index contributed by atoms with van der Waals surface area (Å²) in [5, 5.41) is 12.0. The van der Waals surface area contributed by atoms with E-state index in [0.717, 1.165) is 0 Å². The van der Waals surface area contributed by atoms with Gasteiger partial charge in [-0.25, -0.2) is 0 Å². The van der Waals surface area contributed by atoms with Crippen molar-refractivity contribution in [2.24, 2.45) is 5.73 Å². The number of carbonyl (C=O) groups excluding carboxylic acids is 1. The van der Waals surface area contributed by atoms with Crippen LogP contribution < -0.4 is 11.1 Å². The van der Waals surface area contributed by atoms with Gasteiger partial charge in [0.25, 0.3) is 5.91 Å². The van der Waals surface area contributed by atoms with Crippen molar-refractivity contribution in [1.29, 1.82) is 0 Å². The van der Waals surface area contributed by atoms with Gasteiger partial charge in [0.15, 0.2) is 0 Å². The molecule has 0 spiro atoms. The maximum absolute atomic E-state index is 11.3. The first kappa shape index (κ1) is 11.1. The Kier molecular flexibility index (Phi) is 3.57. The minimum Gasteiger partial charge on any atom is -0.506 e. The third kappa shape index (κ3) is 2.29. The molecule has 4 nitrogen and oxygen atoms in total. The summed E-state index contributed by atoms with van der Waals surface area (Å²) in [5.74, 6) is -0.823. The molecule has 1 aromatic rings. The van der Waals surface area contributed by atoms with Crippen LogP contribution >= 0.6 is 23.2 Å². The third-order valence-electron chi connectivity index (χ3n) is 1.54. The number of benzene rings is 1. The molecule has 0 saturated carbocycles. The molecule has 4 N–H and O–H groups in total. The summed E-state index contributed by atoms with van der Waals surface area (Å²) in [5.41, 5.74) is 5.12. The van der Waals surface area contributed by atoms with E-state index in [2.05, 4.69) is 5.32 Å². The Morgan fingerprint density at radius 1 is 1.50 bits per heavy atom. The summed E-state index contributed by atoms with van der Waals surface area (Å²) in [6, 6.07) is 2.66. The smallest absolute Gasteiger partial charge is 0.256 e. The fourth-order valence-corrected chi connectivity index (χ4v) is 1.42. The summed E-state index contributed by atoms with van der Waals surface area (Å²) in [6.45, 7) is -0.0254. The van der Waals surface area contributed by atoms with Crippen molar-refractivity contribution >= 4 is 29.1 Å². The molecule has 0 fully saturated rings. The molecule has 0 atom stereocenters. The predicted octanol–water partition coefficient (Wildman–Crippen LogP) is 1.34. The molecule has 0 bridgehead atoms. The number of hydrogen-bond donors (Lipinski definition) is 3. The van der Waals surface area contributed by atoms with Crippen molar-refractivity contribution in [3.8, 4) is 5.75 Å². The van der Waals surface area contributed by atoms with E-state index >= 15 is 0 Å². The highest BCUT2D eigenvalue weighted by molar-refractivity contribution is 6.36. The molecule has 1 rings (SSSR count). The van der Waals surface area contributed by atoms with E-state index in [-0.39, 0.29) is 28.0 Å². The van der Waals surface area contributed by atoms with Crippen LogP contribution in [0.1, 0.15) is 10.4 Å². The topological polar surface area (TPSA) is 75.3 Å². The normalized spacial score (nSPS) is 9.93. The molecule has 1 amide bonds. The third-order valence-corrected chi connectivity index (χ3v) is 2.04. The zero-order valence-corrected chi connectivity index (χ0v) is 8.56. The first-order valence-corrected chi connectivity index (χ1v) is 4.48. The lowest BCUT2D eigenvalue weighted by molar-refractivity contribution is 0.0952. The lowest BCUT2D eigenvalue weighted by atomic mass is 10.2. The highest BCUT2D eigenvalue weighted by atomic mass is 35.5. The van der Waals surface area contributed by atoms with E-state index in [4.69, 9.17) is 28.9 Å². The van der Waals surface area contributed by atoms with Gasteiger partial charge in [-0.05, 0) is 12.1 Å². The van der Waals surface area contributed by atoms with Gasteiger partial charge in [-0.3, -0.25) is 4.79 Å². The number of aromatic hydroxyl groups is 1. The van der Waals surface area contributed by atoms with Crippen molar-refractivity contribution < 1.29 is 9.90 Å². The van der Waals surface area contributed by atoms with Crippen molar-refractivity contribution in [1.82, 2.24) is 5.32 Å². The molecule has 0 saturated heterocycles. The van der Waals surface area contributed by atoms with Crippen molar-refractivity contribution in [2.45, 2.75) is 0 Å². The number of phenolic OH excluding ortho intramolecular Hbond substituents is 1. The first-order valence-electron chi connectivity index (χ1n) is 3.72. The molecular formula is C8H8Cl2N2O2. The van der Waals surface area contributed by atoms with Crippen molar-refractivity contribution in [3.05, 3.63) is 27.7 Å². The molecule has 0 radical (unpaired) electrons. The summed E-state index contributed by atoms with van der Waals surface area (Å²) < 4.78 is 0. The molecule has 14 heavy (non-hydrogen) atoms. The quantitative estimate of drug-likeness (QED) is 0.677. The van der Waals surface area contributed by atoms with Gasteiger partial charge in [-0.2, -0.15) is 0 Å². The van der Waals surface area contributed by atoms with E-state index in [1.165, 1.54) is 12.1 Å². The second-order valence-corrected chi connectivity index (χ2v) is 3.34. The molecule has 0 aliphatic carbocycles. The van der Waals surface area contributed by atoms with E-state index in [1.807, 2.05) is 0 Å². The van der Waals surface area contributed by atoms with E-state index in [9.17, 15) is 9.90 Å². The summed E-state index contributed by atoms with van der Waals surface area (Å²) in [4.78, 5) is 11.3. The number of halogens is 2. The minimum absolute atomic E-state index is 0.00736. The monoisotopic (exact) mass is 234 g/mol. The fourth-order valence-electron chi connectivity index (χ4n) is 0.927. The Morgan fingerprint density at radius 3 is 2.71 bits per heavy atom. The average molecular weight is 235 g/mol. The van der Waals surface area contributed by atoms with E-state index in [1.54, 1.807) is 0 Å². The van der Waals surface area contributed by atoms with Gasteiger partial charge in [-0.1, -0.05) is 23.2 Å². The zero-order chi connectivity index (χ0) is 10.7. The van der Waals surface area contributed by atoms with Crippen LogP contribution in [0, 0.1) is 0 Å². The summed E-state index contributed by atoms with van der Waals surface area (Å²) >= 11 is 11.3. The lowest BCUT2D eigenvalue weighted by Gasteiger charge is -2.06. The van der Waals surface area contributed by atoms with E-state index < -0.39 is 5.91 Å². The Labute approximate surface area is 90.6 Å². The molecule has 0 aliphatic rings. The molecule has 76 valence electrons. The first-order chi connectivity index (χ1) is 6.56. The molecule has 6 heteroatoms. The van der Waals surface area contributed by atoms with Crippen LogP contribution in [0.2, 0.25) is 10.0 Å². The molecular weight excluding hydrogens is 227 g/mol. The van der Waals surface area contributed by atoms with Crippen LogP contribution in [-0.4, -0.2) is 17.7 Å². The average Bonchev–Trinajstić information content (AvgIpc) is 2.11. The van der Waals surface area contributed by atoms with Gasteiger partial charge >= 0.3 is 0 Å². The number of hydrogen-bond acceptors (Lipinski definition) is 3. The molecule has 0 unspecified atom stereocenters. The van der Waals surface area contributed by atoms with Crippen LogP contribution in [0.3, 0.4) is 0 Å². The second kappa shape index (κ2) is 4.50. The van der Waals surface area contributed by atoms with Gasteiger partial charge in [0.1, 0.15) is 5.75 Å². The standard InChI is InChI=1S/C8H8Cl2N2O2/c9-4-1-5(8(14)12-3-11)7(13)6(10)2-4/h1-2,13H,3,11H2,(H,12,14). The molecule has 0 aromatic heterocycles. The predicted molar refractivity (Wildman–Crippen MR) is 54.6 cm³/mol. The van der Waals surface area contributed by atoms with E-state index in [0.29, 0.717) is 0 Å².